The molecule has 1 heterocycles. The Balaban J connectivity index is 1.70. The molecule has 0 unspecified atom stereocenters. The minimum atomic E-state index is -0.326. The fourth-order valence-electron chi connectivity index (χ4n) is 2.85. The summed E-state index contributed by atoms with van der Waals surface area (Å²) in [6.07, 6.45) is 6.09. The third kappa shape index (κ3) is 3.95. The maximum absolute atomic E-state index is 12.4. The maximum atomic E-state index is 12.4. The van der Waals surface area contributed by atoms with Crippen molar-refractivity contribution in [2.75, 3.05) is 10.6 Å². The van der Waals surface area contributed by atoms with Gasteiger partial charge in [0.05, 0.1) is 0 Å². The number of carbonyl (C=O) groups excluding carboxylic acids is 2. The van der Waals surface area contributed by atoms with Gasteiger partial charge in [0.2, 0.25) is 0 Å². The number of nitrogens with one attached hydrogen (secondary N) is 2. The van der Waals surface area contributed by atoms with Gasteiger partial charge in [0.15, 0.2) is 5.78 Å². The number of amides is 1. The van der Waals surface area contributed by atoms with Gasteiger partial charge in [-0.05, 0) is 31.9 Å². The van der Waals surface area contributed by atoms with Crippen LogP contribution in [-0.2, 0) is 0 Å². The number of benzene rings is 1. The maximum Gasteiger partial charge on any atom is 0.274 e. The van der Waals surface area contributed by atoms with E-state index in [-0.39, 0.29) is 11.7 Å². The van der Waals surface area contributed by atoms with E-state index < -0.39 is 0 Å². The quantitative estimate of drug-likeness (QED) is 0.825. The van der Waals surface area contributed by atoms with Crippen molar-refractivity contribution >= 4 is 23.2 Å². The smallest absolute Gasteiger partial charge is 0.274 e. The number of hydrogen-bond acceptors (Lipinski definition) is 5. The first-order chi connectivity index (χ1) is 11.6. The normalized spacial score (nSPS) is 14.4. The molecule has 0 spiro atoms. The van der Waals surface area contributed by atoms with Gasteiger partial charge in [-0.3, -0.25) is 9.59 Å². The predicted octanol–water partition coefficient (Wildman–Crippen LogP) is 3.29. The SMILES string of the molecule is CC(=O)c1cccc(NC(=O)c2cc(NC3CCCC3)ncn2)c1. The molecule has 1 fully saturated rings. The number of carbonyl (C=O) groups is 2. The number of nitrogens with zero attached hydrogens (tertiary/aromatic N) is 2. The van der Waals surface area contributed by atoms with E-state index in [1.807, 2.05) is 0 Å². The first kappa shape index (κ1) is 16.1. The molecule has 1 saturated carbocycles. The number of anilines is 2. The molecule has 0 bridgehead atoms. The predicted molar refractivity (Wildman–Crippen MR) is 92.3 cm³/mol. The molecule has 1 aromatic carbocycles. The summed E-state index contributed by atoms with van der Waals surface area (Å²) in [5.41, 5.74) is 1.41. The third-order valence-corrected chi connectivity index (χ3v) is 4.13. The first-order valence-electron chi connectivity index (χ1n) is 8.13. The lowest BCUT2D eigenvalue weighted by Gasteiger charge is -2.13. The molecule has 24 heavy (non-hydrogen) atoms. The molecule has 2 N–H and O–H groups in total. The zero-order chi connectivity index (χ0) is 16.9. The van der Waals surface area contributed by atoms with Crippen molar-refractivity contribution in [2.24, 2.45) is 0 Å². The molecule has 1 amide bonds. The monoisotopic (exact) mass is 324 g/mol. The van der Waals surface area contributed by atoms with E-state index >= 15 is 0 Å². The van der Waals surface area contributed by atoms with Gasteiger partial charge in [0, 0.05) is 23.4 Å². The van der Waals surface area contributed by atoms with Gasteiger partial charge in [-0.2, -0.15) is 0 Å². The Morgan fingerprint density at radius 3 is 2.67 bits per heavy atom. The van der Waals surface area contributed by atoms with Crippen LogP contribution in [0.25, 0.3) is 0 Å². The van der Waals surface area contributed by atoms with Crippen molar-refractivity contribution in [3.8, 4) is 0 Å². The standard InChI is InChI=1S/C18H20N4O2/c1-12(23)13-5-4-8-15(9-13)22-18(24)16-10-17(20-11-19-16)21-14-6-2-3-7-14/h4-5,8-11,14H,2-3,6-7H2,1H3,(H,22,24)(H,19,20,21). The largest absolute Gasteiger partial charge is 0.367 e. The van der Waals surface area contributed by atoms with Gasteiger partial charge >= 0.3 is 0 Å². The Kier molecular flexibility index (Phi) is 4.84. The molecule has 0 radical (unpaired) electrons. The van der Waals surface area contributed by atoms with Gasteiger partial charge in [0.1, 0.15) is 17.8 Å². The van der Waals surface area contributed by atoms with E-state index in [1.54, 1.807) is 30.3 Å². The second-order valence-electron chi connectivity index (χ2n) is 6.01. The average Bonchev–Trinajstić information content (AvgIpc) is 3.08. The van der Waals surface area contributed by atoms with Gasteiger partial charge in [-0.25, -0.2) is 9.97 Å². The molecule has 0 atom stereocenters. The Bertz CT molecular complexity index is 754. The second kappa shape index (κ2) is 7.21. The van der Waals surface area contributed by atoms with Crippen LogP contribution < -0.4 is 10.6 Å². The molecule has 124 valence electrons. The fraction of sp³-hybridized carbons (Fsp3) is 0.333. The van der Waals surface area contributed by atoms with Crippen molar-refractivity contribution in [2.45, 2.75) is 38.6 Å². The number of aromatic nitrogens is 2. The molecule has 1 aromatic heterocycles. The highest BCUT2D eigenvalue weighted by atomic mass is 16.2. The number of ketones is 1. The van der Waals surface area contributed by atoms with Crippen LogP contribution in [0, 0.1) is 0 Å². The zero-order valence-electron chi connectivity index (χ0n) is 13.6. The highest BCUT2D eigenvalue weighted by Gasteiger charge is 2.16. The van der Waals surface area contributed by atoms with Crippen LogP contribution in [0.4, 0.5) is 11.5 Å². The first-order valence-corrected chi connectivity index (χ1v) is 8.13. The third-order valence-electron chi connectivity index (χ3n) is 4.13. The Hall–Kier alpha value is -2.76. The van der Waals surface area contributed by atoms with Crippen molar-refractivity contribution in [3.05, 3.63) is 47.9 Å². The second-order valence-corrected chi connectivity index (χ2v) is 6.01. The lowest BCUT2D eigenvalue weighted by Crippen LogP contribution is -2.18. The topological polar surface area (TPSA) is 84.0 Å². The number of Topliss-reactive ketones (excluding diaryl/α,β-unsaturated/α-hetero) is 1. The Morgan fingerprint density at radius 1 is 1.12 bits per heavy atom. The molecule has 0 aliphatic heterocycles. The molecule has 1 aliphatic carbocycles. The van der Waals surface area contributed by atoms with Gasteiger partial charge in [-0.1, -0.05) is 25.0 Å². The van der Waals surface area contributed by atoms with E-state index in [1.165, 1.54) is 26.1 Å². The fourth-order valence-corrected chi connectivity index (χ4v) is 2.85. The van der Waals surface area contributed by atoms with Gasteiger partial charge in [0.25, 0.3) is 5.91 Å². The molecule has 6 heteroatoms. The summed E-state index contributed by atoms with van der Waals surface area (Å²) >= 11 is 0. The average molecular weight is 324 g/mol. The Morgan fingerprint density at radius 2 is 1.92 bits per heavy atom. The lowest BCUT2D eigenvalue weighted by atomic mass is 10.1. The van der Waals surface area contributed by atoms with E-state index in [2.05, 4.69) is 20.6 Å². The molecule has 0 saturated heterocycles. The Labute approximate surface area is 140 Å². The van der Waals surface area contributed by atoms with Gasteiger partial charge in [-0.15, -0.1) is 0 Å². The van der Waals surface area contributed by atoms with Crippen LogP contribution in [0.5, 0.6) is 0 Å². The summed E-state index contributed by atoms with van der Waals surface area (Å²) in [5, 5.41) is 6.11. The van der Waals surface area contributed by atoms with Crippen molar-refractivity contribution in [1.82, 2.24) is 9.97 Å². The van der Waals surface area contributed by atoms with E-state index in [9.17, 15) is 9.59 Å². The molecule has 2 aromatic rings. The van der Waals surface area contributed by atoms with Crippen molar-refractivity contribution in [3.63, 3.8) is 0 Å². The van der Waals surface area contributed by atoms with Crippen LogP contribution in [0.3, 0.4) is 0 Å². The van der Waals surface area contributed by atoms with Crippen molar-refractivity contribution < 1.29 is 9.59 Å². The zero-order valence-corrected chi connectivity index (χ0v) is 13.6. The summed E-state index contributed by atoms with van der Waals surface area (Å²) < 4.78 is 0. The molecular formula is C18H20N4O2. The van der Waals surface area contributed by atoms with Crippen LogP contribution in [0.1, 0.15) is 53.5 Å². The summed E-state index contributed by atoms with van der Waals surface area (Å²) in [5.74, 6) is 0.295. The summed E-state index contributed by atoms with van der Waals surface area (Å²) in [7, 11) is 0. The minimum absolute atomic E-state index is 0.0452. The molecule has 3 rings (SSSR count). The van der Waals surface area contributed by atoms with E-state index in [0.717, 1.165) is 12.8 Å². The molecule has 6 nitrogen and oxygen atoms in total. The highest BCUT2D eigenvalue weighted by Crippen LogP contribution is 2.21. The molecule has 1 aliphatic rings. The van der Waals surface area contributed by atoms with Crippen LogP contribution >= 0.6 is 0 Å². The van der Waals surface area contributed by atoms with Crippen LogP contribution in [-0.4, -0.2) is 27.7 Å². The number of hydrogen-bond donors (Lipinski definition) is 2. The van der Waals surface area contributed by atoms with E-state index in [4.69, 9.17) is 0 Å². The van der Waals surface area contributed by atoms with Crippen LogP contribution in [0.2, 0.25) is 0 Å². The van der Waals surface area contributed by atoms with Crippen molar-refractivity contribution in [1.29, 1.82) is 0 Å². The number of rotatable bonds is 5. The van der Waals surface area contributed by atoms with Crippen LogP contribution in [0.15, 0.2) is 36.7 Å². The summed E-state index contributed by atoms with van der Waals surface area (Å²) in [6.45, 7) is 1.49. The van der Waals surface area contributed by atoms with E-state index in [0.29, 0.717) is 28.8 Å². The highest BCUT2D eigenvalue weighted by molar-refractivity contribution is 6.04. The summed E-state index contributed by atoms with van der Waals surface area (Å²) in [6, 6.07) is 8.92. The van der Waals surface area contributed by atoms with Gasteiger partial charge < -0.3 is 10.6 Å². The molecular weight excluding hydrogens is 304 g/mol. The lowest BCUT2D eigenvalue weighted by molar-refractivity contribution is 0.100. The minimum Gasteiger partial charge on any atom is -0.367 e. The summed E-state index contributed by atoms with van der Waals surface area (Å²) in [4.78, 5) is 32.0.